The first-order chi connectivity index (χ1) is 10.8. The highest BCUT2D eigenvalue weighted by molar-refractivity contribution is 5.94. The van der Waals surface area contributed by atoms with Crippen molar-refractivity contribution in [3.8, 4) is 11.5 Å². The number of hydrogen-bond acceptors (Lipinski definition) is 3. The zero-order valence-electron chi connectivity index (χ0n) is 12.6. The third kappa shape index (κ3) is 2.40. The zero-order valence-corrected chi connectivity index (χ0v) is 12.6. The number of fused-ring (bicyclic) bond motifs is 1. The molecule has 0 aliphatic rings. The molecule has 3 aromatic rings. The van der Waals surface area contributed by atoms with Gasteiger partial charge in [-0.15, -0.1) is 0 Å². The summed E-state index contributed by atoms with van der Waals surface area (Å²) in [6.07, 6.45) is -0.769. The molecule has 3 aromatic carbocycles. The molecule has 0 heterocycles. The van der Waals surface area contributed by atoms with Crippen molar-refractivity contribution in [2.75, 3.05) is 14.2 Å². The van der Waals surface area contributed by atoms with Crippen molar-refractivity contribution in [3.63, 3.8) is 0 Å². The topological polar surface area (TPSA) is 38.7 Å². The first-order valence-electron chi connectivity index (χ1n) is 7.13. The van der Waals surface area contributed by atoms with Gasteiger partial charge in [-0.25, -0.2) is 0 Å². The highest BCUT2D eigenvalue weighted by Gasteiger charge is 2.20. The minimum Gasteiger partial charge on any atom is -0.496 e. The summed E-state index contributed by atoms with van der Waals surface area (Å²) in [6.45, 7) is 0. The second-order valence-electron chi connectivity index (χ2n) is 5.06. The maximum absolute atomic E-state index is 10.7. The summed E-state index contributed by atoms with van der Waals surface area (Å²) in [6, 6.07) is 19.2. The smallest absolute Gasteiger partial charge is 0.133 e. The zero-order chi connectivity index (χ0) is 15.5. The number of aliphatic hydroxyl groups excluding tert-OH is 1. The molecule has 1 atom stereocenters. The van der Waals surface area contributed by atoms with Crippen LogP contribution in [-0.4, -0.2) is 19.3 Å². The average molecular weight is 294 g/mol. The fourth-order valence-corrected chi connectivity index (χ4v) is 2.75. The van der Waals surface area contributed by atoms with Crippen LogP contribution >= 0.6 is 0 Å². The predicted octanol–water partition coefficient (Wildman–Crippen LogP) is 3.94. The molecule has 0 saturated carbocycles. The van der Waals surface area contributed by atoms with E-state index < -0.39 is 6.10 Å². The molecule has 1 N–H and O–H groups in total. The Bertz CT molecular complexity index is 781. The molecule has 0 aliphatic heterocycles. The van der Waals surface area contributed by atoms with E-state index in [1.54, 1.807) is 14.2 Å². The van der Waals surface area contributed by atoms with Crippen LogP contribution in [0.25, 0.3) is 10.8 Å². The number of aliphatic hydroxyl groups is 1. The van der Waals surface area contributed by atoms with Crippen LogP contribution in [0.1, 0.15) is 17.2 Å². The maximum Gasteiger partial charge on any atom is 0.133 e. The van der Waals surface area contributed by atoms with Crippen molar-refractivity contribution in [1.29, 1.82) is 0 Å². The van der Waals surface area contributed by atoms with Crippen LogP contribution in [0.2, 0.25) is 0 Å². The molecule has 3 heteroatoms. The highest BCUT2D eigenvalue weighted by atomic mass is 16.5. The molecule has 0 spiro atoms. The fourth-order valence-electron chi connectivity index (χ4n) is 2.75. The lowest BCUT2D eigenvalue weighted by Crippen LogP contribution is -2.04. The standard InChI is InChI=1S/C19H18O3/c1-21-17-12-16(18(20)13-8-4-3-5-9-13)19(22-2)15-11-7-6-10-14(15)17/h3-12,18,20H,1-2H3. The van der Waals surface area contributed by atoms with E-state index in [0.717, 1.165) is 22.1 Å². The van der Waals surface area contributed by atoms with Gasteiger partial charge in [-0.1, -0.05) is 54.6 Å². The van der Waals surface area contributed by atoms with E-state index in [-0.39, 0.29) is 0 Å². The molecule has 0 amide bonds. The molecule has 1 unspecified atom stereocenters. The van der Waals surface area contributed by atoms with E-state index in [9.17, 15) is 5.11 Å². The average Bonchev–Trinajstić information content (AvgIpc) is 2.60. The number of methoxy groups -OCH3 is 2. The van der Waals surface area contributed by atoms with E-state index >= 15 is 0 Å². The normalized spacial score (nSPS) is 12.1. The van der Waals surface area contributed by atoms with E-state index in [4.69, 9.17) is 9.47 Å². The summed E-state index contributed by atoms with van der Waals surface area (Å²) >= 11 is 0. The van der Waals surface area contributed by atoms with Crippen molar-refractivity contribution >= 4 is 10.8 Å². The van der Waals surface area contributed by atoms with Crippen molar-refractivity contribution in [2.45, 2.75) is 6.10 Å². The molecular formula is C19H18O3. The van der Waals surface area contributed by atoms with E-state index in [1.165, 1.54) is 0 Å². The highest BCUT2D eigenvalue weighted by Crippen LogP contribution is 2.40. The van der Waals surface area contributed by atoms with Crippen molar-refractivity contribution < 1.29 is 14.6 Å². The maximum atomic E-state index is 10.7. The Labute approximate surface area is 129 Å². The van der Waals surface area contributed by atoms with Gasteiger partial charge in [-0.3, -0.25) is 0 Å². The predicted molar refractivity (Wildman–Crippen MR) is 87.6 cm³/mol. The Kier molecular flexibility index (Phi) is 3.98. The molecule has 3 nitrogen and oxygen atoms in total. The van der Waals surface area contributed by atoms with Gasteiger partial charge in [0.15, 0.2) is 0 Å². The molecule has 0 aliphatic carbocycles. The summed E-state index contributed by atoms with van der Waals surface area (Å²) < 4.78 is 11.1. The van der Waals surface area contributed by atoms with Gasteiger partial charge in [0, 0.05) is 16.3 Å². The second kappa shape index (κ2) is 6.08. The second-order valence-corrected chi connectivity index (χ2v) is 5.06. The molecule has 3 rings (SSSR count). The monoisotopic (exact) mass is 294 g/mol. The van der Waals surface area contributed by atoms with Gasteiger partial charge in [0.1, 0.15) is 17.6 Å². The Morgan fingerprint density at radius 1 is 0.818 bits per heavy atom. The molecular weight excluding hydrogens is 276 g/mol. The first-order valence-corrected chi connectivity index (χ1v) is 7.13. The minimum atomic E-state index is -0.769. The number of hydrogen-bond donors (Lipinski definition) is 1. The van der Waals surface area contributed by atoms with Crippen LogP contribution in [0.15, 0.2) is 60.7 Å². The van der Waals surface area contributed by atoms with Gasteiger partial charge in [-0.2, -0.15) is 0 Å². The Hall–Kier alpha value is -2.52. The van der Waals surface area contributed by atoms with Gasteiger partial charge >= 0.3 is 0 Å². The summed E-state index contributed by atoms with van der Waals surface area (Å²) in [5, 5.41) is 12.6. The van der Waals surface area contributed by atoms with Crippen LogP contribution < -0.4 is 9.47 Å². The van der Waals surface area contributed by atoms with Crippen molar-refractivity contribution in [3.05, 3.63) is 71.8 Å². The number of rotatable bonds is 4. The summed E-state index contributed by atoms with van der Waals surface area (Å²) in [7, 11) is 3.25. The third-order valence-corrected chi connectivity index (χ3v) is 3.82. The Balaban J connectivity index is 2.25. The molecule has 0 saturated heterocycles. The van der Waals surface area contributed by atoms with Gasteiger partial charge in [-0.05, 0) is 11.6 Å². The third-order valence-electron chi connectivity index (χ3n) is 3.82. The fraction of sp³-hybridized carbons (Fsp3) is 0.158. The van der Waals surface area contributed by atoms with Crippen LogP contribution in [0.4, 0.5) is 0 Å². The lowest BCUT2D eigenvalue weighted by molar-refractivity contribution is 0.214. The Morgan fingerprint density at radius 3 is 2.09 bits per heavy atom. The quantitative estimate of drug-likeness (QED) is 0.792. The van der Waals surface area contributed by atoms with Crippen LogP contribution in [0.3, 0.4) is 0 Å². The molecule has 0 aromatic heterocycles. The van der Waals surface area contributed by atoms with Gasteiger partial charge in [0.05, 0.1) is 14.2 Å². The Morgan fingerprint density at radius 2 is 1.45 bits per heavy atom. The lowest BCUT2D eigenvalue weighted by atomic mass is 9.96. The van der Waals surface area contributed by atoms with E-state index in [2.05, 4.69) is 0 Å². The molecule has 0 radical (unpaired) electrons. The summed E-state index contributed by atoms with van der Waals surface area (Å²) in [4.78, 5) is 0. The molecule has 0 bridgehead atoms. The summed E-state index contributed by atoms with van der Waals surface area (Å²) in [5.41, 5.74) is 1.52. The minimum absolute atomic E-state index is 0.674. The van der Waals surface area contributed by atoms with Crippen LogP contribution in [-0.2, 0) is 0 Å². The first kappa shape index (κ1) is 14.4. The largest absolute Gasteiger partial charge is 0.496 e. The van der Waals surface area contributed by atoms with Gasteiger partial charge in [0.2, 0.25) is 0 Å². The van der Waals surface area contributed by atoms with E-state index in [0.29, 0.717) is 11.3 Å². The van der Waals surface area contributed by atoms with Crippen LogP contribution in [0, 0.1) is 0 Å². The van der Waals surface area contributed by atoms with E-state index in [1.807, 2.05) is 60.7 Å². The summed E-state index contributed by atoms with van der Waals surface area (Å²) in [5.74, 6) is 1.40. The number of ether oxygens (including phenoxy) is 2. The van der Waals surface area contributed by atoms with Crippen molar-refractivity contribution in [2.24, 2.45) is 0 Å². The van der Waals surface area contributed by atoms with Gasteiger partial charge in [0.25, 0.3) is 0 Å². The molecule has 0 fully saturated rings. The SMILES string of the molecule is COc1cc(C(O)c2ccccc2)c(OC)c2ccccc12. The number of benzene rings is 3. The molecule has 112 valence electrons. The van der Waals surface area contributed by atoms with Gasteiger partial charge < -0.3 is 14.6 Å². The van der Waals surface area contributed by atoms with Crippen molar-refractivity contribution in [1.82, 2.24) is 0 Å². The lowest BCUT2D eigenvalue weighted by Gasteiger charge is -2.19. The van der Waals surface area contributed by atoms with Crippen LogP contribution in [0.5, 0.6) is 11.5 Å². The molecule has 22 heavy (non-hydrogen) atoms.